The molecule has 5 nitrogen and oxygen atoms in total. The molecule has 1 unspecified atom stereocenters. The third-order valence-electron chi connectivity index (χ3n) is 2.50. The number of rotatable bonds is 4. The number of carbonyl (C=O) groups excluding carboxylic acids is 1. The summed E-state index contributed by atoms with van der Waals surface area (Å²) in [5.41, 5.74) is 11.6. The van der Waals surface area contributed by atoms with Crippen LogP contribution >= 0.6 is 11.3 Å². The first-order valence-electron chi connectivity index (χ1n) is 5.43. The number of aromatic nitrogens is 1. The summed E-state index contributed by atoms with van der Waals surface area (Å²) in [7, 11) is 0. The zero-order chi connectivity index (χ0) is 13.1. The zero-order valence-corrected chi connectivity index (χ0v) is 10.7. The standard InChI is InChI=1S/C12H14N4OS/c1-7(10-3-2-4-18-10)16-12-9(11(14)17)5-8(13)6-15-12/h2-7H,13H2,1H3,(H2,14,17)(H,15,16). The van der Waals surface area contributed by atoms with Gasteiger partial charge in [-0.15, -0.1) is 11.3 Å². The Balaban J connectivity index is 2.26. The van der Waals surface area contributed by atoms with E-state index in [0.29, 0.717) is 17.1 Å². The number of amides is 1. The van der Waals surface area contributed by atoms with Crippen molar-refractivity contribution in [3.8, 4) is 0 Å². The number of nitrogen functional groups attached to an aromatic ring is 1. The van der Waals surface area contributed by atoms with Crippen molar-refractivity contribution >= 4 is 28.7 Å². The molecule has 0 saturated carbocycles. The van der Waals surface area contributed by atoms with E-state index >= 15 is 0 Å². The van der Waals surface area contributed by atoms with Gasteiger partial charge >= 0.3 is 0 Å². The van der Waals surface area contributed by atoms with Gasteiger partial charge in [-0.25, -0.2) is 4.98 Å². The minimum absolute atomic E-state index is 0.0548. The minimum atomic E-state index is -0.546. The largest absolute Gasteiger partial charge is 0.397 e. The van der Waals surface area contributed by atoms with Crippen LogP contribution in [0.3, 0.4) is 0 Å². The molecule has 0 bridgehead atoms. The Morgan fingerprint density at radius 1 is 1.56 bits per heavy atom. The van der Waals surface area contributed by atoms with Gasteiger partial charge < -0.3 is 16.8 Å². The normalized spacial score (nSPS) is 12.1. The fraction of sp³-hybridized carbons (Fsp3) is 0.167. The van der Waals surface area contributed by atoms with Crippen molar-refractivity contribution in [2.75, 3.05) is 11.1 Å². The number of nitrogens with two attached hydrogens (primary N) is 2. The Kier molecular flexibility index (Phi) is 3.47. The molecule has 1 atom stereocenters. The number of thiophene rings is 1. The lowest BCUT2D eigenvalue weighted by molar-refractivity contribution is 0.100. The second-order valence-corrected chi connectivity index (χ2v) is 4.89. The van der Waals surface area contributed by atoms with Crippen molar-refractivity contribution in [1.82, 2.24) is 4.98 Å². The van der Waals surface area contributed by atoms with Gasteiger partial charge in [0.15, 0.2) is 0 Å². The number of anilines is 2. The molecule has 0 aliphatic carbocycles. The highest BCUT2D eigenvalue weighted by Gasteiger charge is 2.13. The SMILES string of the molecule is CC(Nc1ncc(N)cc1C(N)=O)c1cccs1. The highest BCUT2D eigenvalue weighted by Crippen LogP contribution is 2.24. The zero-order valence-electron chi connectivity index (χ0n) is 9.88. The molecule has 0 fully saturated rings. The molecule has 2 rings (SSSR count). The molecule has 0 aromatic carbocycles. The molecule has 0 saturated heterocycles. The van der Waals surface area contributed by atoms with Crippen LogP contribution in [0.25, 0.3) is 0 Å². The van der Waals surface area contributed by atoms with Crippen LogP contribution in [0.2, 0.25) is 0 Å². The molecule has 6 heteroatoms. The molecule has 2 heterocycles. The summed E-state index contributed by atoms with van der Waals surface area (Å²) >= 11 is 1.64. The lowest BCUT2D eigenvalue weighted by atomic mass is 10.2. The van der Waals surface area contributed by atoms with Gasteiger partial charge in [0.1, 0.15) is 5.82 Å². The highest BCUT2D eigenvalue weighted by atomic mass is 32.1. The van der Waals surface area contributed by atoms with Crippen molar-refractivity contribution in [3.05, 3.63) is 40.2 Å². The molecule has 94 valence electrons. The summed E-state index contributed by atoms with van der Waals surface area (Å²) in [4.78, 5) is 16.6. The van der Waals surface area contributed by atoms with E-state index in [-0.39, 0.29) is 6.04 Å². The number of primary amides is 1. The third kappa shape index (κ3) is 2.60. The number of nitrogens with one attached hydrogen (secondary N) is 1. The smallest absolute Gasteiger partial charge is 0.252 e. The summed E-state index contributed by atoms with van der Waals surface area (Å²) in [6, 6.07) is 5.57. The molecule has 18 heavy (non-hydrogen) atoms. The molecule has 0 aliphatic rings. The maximum atomic E-state index is 11.3. The van der Waals surface area contributed by atoms with Crippen molar-refractivity contribution in [2.45, 2.75) is 13.0 Å². The van der Waals surface area contributed by atoms with E-state index in [1.165, 1.54) is 12.3 Å². The molecule has 1 amide bonds. The Bertz CT molecular complexity index is 553. The van der Waals surface area contributed by atoms with E-state index in [1.54, 1.807) is 11.3 Å². The van der Waals surface area contributed by atoms with E-state index in [0.717, 1.165) is 4.88 Å². The van der Waals surface area contributed by atoms with Gasteiger partial charge in [0, 0.05) is 4.88 Å². The van der Waals surface area contributed by atoms with E-state index in [4.69, 9.17) is 11.5 Å². The van der Waals surface area contributed by atoms with Gasteiger partial charge in [0.2, 0.25) is 0 Å². The fourth-order valence-electron chi connectivity index (χ4n) is 1.60. The monoisotopic (exact) mass is 262 g/mol. The van der Waals surface area contributed by atoms with Gasteiger partial charge in [-0.2, -0.15) is 0 Å². The second-order valence-electron chi connectivity index (χ2n) is 3.91. The first-order chi connectivity index (χ1) is 8.58. The number of pyridine rings is 1. The number of carbonyl (C=O) groups is 1. The Morgan fingerprint density at radius 2 is 2.33 bits per heavy atom. The van der Waals surface area contributed by atoms with Crippen molar-refractivity contribution < 1.29 is 4.79 Å². The maximum Gasteiger partial charge on any atom is 0.252 e. The van der Waals surface area contributed by atoms with Crippen LogP contribution in [0.5, 0.6) is 0 Å². The highest BCUT2D eigenvalue weighted by molar-refractivity contribution is 7.10. The minimum Gasteiger partial charge on any atom is -0.397 e. The van der Waals surface area contributed by atoms with Crippen LogP contribution in [-0.4, -0.2) is 10.9 Å². The molecular weight excluding hydrogens is 248 g/mol. The van der Waals surface area contributed by atoms with Crippen molar-refractivity contribution in [3.63, 3.8) is 0 Å². The number of nitrogens with zero attached hydrogens (tertiary/aromatic N) is 1. The van der Waals surface area contributed by atoms with Gasteiger partial charge in [-0.05, 0) is 24.4 Å². The van der Waals surface area contributed by atoms with Crippen LogP contribution < -0.4 is 16.8 Å². The van der Waals surface area contributed by atoms with Crippen LogP contribution in [0, 0.1) is 0 Å². The fourth-order valence-corrected chi connectivity index (χ4v) is 2.33. The van der Waals surface area contributed by atoms with E-state index in [9.17, 15) is 4.79 Å². The topological polar surface area (TPSA) is 94.0 Å². The van der Waals surface area contributed by atoms with Crippen LogP contribution in [-0.2, 0) is 0 Å². The van der Waals surface area contributed by atoms with Crippen LogP contribution in [0.4, 0.5) is 11.5 Å². The van der Waals surface area contributed by atoms with Crippen molar-refractivity contribution in [1.29, 1.82) is 0 Å². The Labute approximate surface area is 109 Å². The lowest BCUT2D eigenvalue weighted by Gasteiger charge is -2.15. The molecule has 0 aliphatic heterocycles. The first kappa shape index (κ1) is 12.4. The van der Waals surface area contributed by atoms with Crippen molar-refractivity contribution in [2.24, 2.45) is 5.73 Å². The first-order valence-corrected chi connectivity index (χ1v) is 6.31. The predicted octanol–water partition coefficient (Wildman–Crippen LogP) is 2.00. The number of hydrogen-bond acceptors (Lipinski definition) is 5. The van der Waals surface area contributed by atoms with Gasteiger partial charge in [-0.1, -0.05) is 6.07 Å². The molecule has 2 aromatic rings. The molecule has 0 spiro atoms. The predicted molar refractivity (Wildman–Crippen MR) is 73.5 cm³/mol. The lowest BCUT2D eigenvalue weighted by Crippen LogP contribution is -2.17. The third-order valence-corrected chi connectivity index (χ3v) is 3.55. The van der Waals surface area contributed by atoms with E-state index in [2.05, 4.69) is 10.3 Å². The summed E-state index contributed by atoms with van der Waals surface area (Å²) in [6.07, 6.45) is 1.50. The van der Waals surface area contributed by atoms with Gasteiger partial charge in [0.25, 0.3) is 5.91 Å². The number of hydrogen-bond donors (Lipinski definition) is 3. The van der Waals surface area contributed by atoms with E-state index < -0.39 is 5.91 Å². The van der Waals surface area contributed by atoms with Gasteiger partial charge in [0.05, 0.1) is 23.5 Å². The maximum absolute atomic E-state index is 11.3. The summed E-state index contributed by atoms with van der Waals surface area (Å²) in [5.74, 6) is -0.0896. The Morgan fingerprint density at radius 3 is 2.94 bits per heavy atom. The summed E-state index contributed by atoms with van der Waals surface area (Å²) < 4.78 is 0. The summed E-state index contributed by atoms with van der Waals surface area (Å²) in [6.45, 7) is 1.99. The average molecular weight is 262 g/mol. The average Bonchev–Trinajstić information content (AvgIpc) is 2.84. The quantitative estimate of drug-likeness (QED) is 0.785. The molecule has 2 aromatic heterocycles. The molecular formula is C12H14N4OS. The molecule has 5 N–H and O–H groups in total. The van der Waals surface area contributed by atoms with Crippen LogP contribution in [0.1, 0.15) is 28.2 Å². The van der Waals surface area contributed by atoms with Crippen LogP contribution in [0.15, 0.2) is 29.8 Å². The second kappa shape index (κ2) is 5.05. The van der Waals surface area contributed by atoms with E-state index in [1.807, 2.05) is 24.4 Å². The van der Waals surface area contributed by atoms with Gasteiger partial charge in [-0.3, -0.25) is 4.79 Å². The summed E-state index contributed by atoms with van der Waals surface area (Å²) in [5, 5.41) is 5.16. The Hall–Kier alpha value is -2.08. The molecule has 0 radical (unpaired) electrons.